The van der Waals surface area contributed by atoms with Gasteiger partial charge in [0, 0.05) is 11.4 Å². The molecule has 0 radical (unpaired) electrons. The average molecular weight is 324 g/mol. The number of aryl methyl sites for hydroxylation is 1. The Kier molecular flexibility index (Phi) is 4.42. The fraction of sp³-hybridized carbons (Fsp3) is 0.400. The van der Waals surface area contributed by atoms with Crippen molar-refractivity contribution in [1.82, 2.24) is 0 Å². The third-order valence-corrected chi connectivity index (χ3v) is 3.97. The van der Waals surface area contributed by atoms with Gasteiger partial charge in [0.2, 0.25) is 5.91 Å². The molecule has 1 unspecified atom stereocenters. The average Bonchev–Trinajstić information content (AvgIpc) is 2.34. The van der Waals surface area contributed by atoms with Gasteiger partial charge in [-0.05, 0) is 53.0 Å². The first kappa shape index (κ1) is 14.3. The number of carbonyl (C=O) groups is 1. The van der Waals surface area contributed by atoms with Gasteiger partial charge in [-0.25, -0.2) is 0 Å². The molecule has 102 valence electrons. The van der Waals surface area contributed by atoms with Crippen LogP contribution in [0.4, 0.5) is 5.69 Å². The molecule has 0 bridgehead atoms. The normalized spacial score (nSPS) is 18.9. The first-order chi connectivity index (χ1) is 9.00. The SMILES string of the molecule is CC(=O)N(c1ccc(C)cc1Br)C1COCC=C1C. The predicted octanol–water partition coefficient (Wildman–Crippen LogP) is 3.46. The Balaban J connectivity index is 2.43. The van der Waals surface area contributed by atoms with Crippen molar-refractivity contribution in [2.45, 2.75) is 26.8 Å². The monoisotopic (exact) mass is 323 g/mol. The number of halogens is 1. The minimum Gasteiger partial charge on any atom is -0.375 e. The number of rotatable bonds is 2. The summed E-state index contributed by atoms with van der Waals surface area (Å²) in [7, 11) is 0. The molecule has 0 saturated carbocycles. The summed E-state index contributed by atoms with van der Waals surface area (Å²) < 4.78 is 6.41. The smallest absolute Gasteiger partial charge is 0.224 e. The summed E-state index contributed by atoms with van der Waals surface area (Å²) in [5, 5.41) is 0. The van der Waals surface area contributed by atoms with E-state index >= 15 is 0 Å². The van der Waals surface area contributed by atoms with Gasteiger partial charge in [-0.15, -0.1) is 0 Å². The van der Waals surface area contributed by atoms with Crippen molar-refractivity contribution in [3.63, 3.8) is 0 Å². The molecule has 0 aliphatic carbocycles. The number of carbonyl (C=O) groups excluding carboxylic acids is 1. The van der Waals surface area contributed by atoms with Gasteiger partial charge in [-0.1, -0.05) is 12.1 Å². The maximum atomic E-state index is 12.0. The highest BCUT2D eigenvalue weighted by Gasteiger charge is 2.27. The molecule has 3 nitrogen and oxygen atoms in total. The summed E-state index contributed by atoms with van der Waals surface area (Å²) in [5.41, 5.74) is 3.22. The number of amides is 1. The molecule has 0 saturated heterocycles. The number of benzene rings is 1. The van der Waals surface area contributed by atoms with Crippen molar-refractivity contribution < 1.29 is 9.53 Å². The fourth-order valence-electron chi connectivity index (χ4n) is 2.28. The molecule has 1 heterocycles. The van der Waals surface area contributed by atoms with Crippen LogP contribution in [0.1, 0.15) is 19.4 Å². The summed E-state index contributed by atoms with van der Waals surface area (Å²) in [6.07, 6.45) is 2.03. The summed E-state index contributed by atoms with van der Waals surface area (Å²) in [6, 6.07) is 5.99. The maximum absolute atomic E-state index is 12.0. The molecule has 1 aromatic carbocycles. The lowest BCUT2D eigenvalue weighted by Crippen LogP contribution is -2.44. The zero-order chi connectivity index (χ0) is 14.0. The molecular weight excluding hydrogens is 306 g/mol. The van der Waals surface area contributed by atoms with Gasteiger partial charge in [0.1, 0.15) is 0 Å². The quantitative estimate of drug-likeness (QED) is 0.780. The van der Waals surface area contributed by atoms with E-state index in [2.05, 4.69) is 15.9 Å². The van der Waals surface area contributed by atoms with Crippen LogP contribution in [0.3, 0.4) is 0 Å². The zero-order valence-electron chi connectivity index (χ0n) is 11.4. The Morgan fingerprint density at radius 1 is 1.42 bits per heavy atom. The van der Waals surface area contributed by atoms with Gasteiger partial charge in [0.15, 0.2) is 0 Å². The Bertz CT molecular complexity index is 525. The van der Waals surface area contributed by atoms with Crippen molar-refractivity contribution in [1.29, 1.82) is 0 Å². The highest BCUT2D eigenvalue weighted by Crippen LogP contribution is 2.31. The van der Waals surface area contributed by atoms with Crippen LogP contribution in [0, 0.1) is 6.92 Å². The predicted molar refractivity (Wildman–Crippen MR) is 80.4 cm³/mol. The molecule has 0 fully saturated rings. The van der Waals surface area contributed by atoms with Crippen LogP contribution >= 0.6 is 15.9 Å². The van der Waals surface area contributed by atoms with Gasteiger partial charge in [-0.2, -0.15) is 0 Å². The Morgan fingerprint density at radius 2 is 2.16 bits per heavy atom. The standard InChI is InChI=1S/C15H18BrNO2/c1-10-4-5-14(13(16)8-10)17(12(3)18)15-9-19-7-6-11(15)2/h4-6,8,15H,7,9H2,1-3H3. The third kappa shape index (κ3) is 3.07. The van der Waals surface area contributed by atoms with Crippen LogP contribution in [0.15, 0.2) is 34.3 Å². The molecular formula is C15H18BrNO2. The number of anilines is 1. The highest BCUT2D eigenvalue weighted by molar-refractivity contribution is 9.10. The van der Waals surface area contributed by atoms with E-state index in [1.54, 1.807) is 11.8 Å². The first-order valence-corrected chi connectivity index (χ1v) is 7.10. The zero-order valence-corrected chi connectivity index (χ0v) is 13.0. The highest BCUT2D eigenvalue weighted by atomic mass is 79.9. The van der Waals surface area contributed by atoms with Crippen LogP contribution in [0.2, 0.25) is 0 Å². The van der Waals surface area contributed by atoms with Crippen molar-refractivity contribution in [3.05, 3.63) is 39.9 Å². The topological polar surface area (TPSA) is 29.5 Å². The molecule has 1 amide bonds. The van der Waals surface area contributed by atoms with E-state index in [9.17, 15) is 4.79 Å². The van der Waals surface area contributed by atoms with Gasteiger partial charge in [-0.3, -0.25) is 4.79 Å². The van der Waals surface area contributed by atoms with E-state index in [0.29, 0.717) is 13.2 Å². The number of hydrogen-bond acceptors (Lipinski definition) is 2. The molecule has 1 aliphatic rings. The van der Waals surface area contributed by atoms with Gasteiger partial charge in [0.05, 0.1) is 24.9 Å². The van der Waals surface area contributed by atoms with E-state index in [0.717, 1.165) is 15.7 Å². The first-order valence-electron chi connectivity index (χ1n) is 6.31. The van der Waals surface area contributed by atoms with Gasteiger partial charge < -0.3 is 9.64 Å². The van der Waals surface area contributed by atoms with Gasteiger partial charge in [0.25, 0.3) is 0 Å². The van der Waals surface area contributed by atoms with Crippen molar-refractivity contribution in [3.8, 4) is 0 Å². The summed E-state index contributed by atoms with van der Waals surface area (Å²) in [6.45, 7) is 6.84. The van der Waals surface area contributed by atoms with E-state index < -0.39 is 0 Å². The van der Waals surface area contributed by atoms with Crippen LogP contribution in [-0.4, -0.2) is 25.2 Å². The third-order valence-electron chi connectivity index (χ3n) is 3.34. The minimum atomic E-state index is -0.0229. The lowest BCUT2D eigenvalue weighted by molar-refractivity contribution is -0.117. The van der Waals surface area contributed by atoms with Crippen LogP contribution in [0.25, 0.3) is 0 Å². The van der Waals surface area contributed by atoms with Crippen molar-refractivity contribution >= 4 is 27.5 Å². The van der Waals surface area contributed by atoms with E-state index in [4.69, 9.17) is 4.74 Å². The Hall–Kier alpha value is -1.13. The Morgan fingerprint density at radius 3 is 2.74 bits per heavy atom. The van der Waals surface area contributed by atoms with Gasteiger partial charge >= 0.3 is 0 Å². The largest absolute Gasteiger partial charge is 0.375 e. The Labute approximate surface area is 122 Å². The second-order valence-corrected chi connectivity index (χ2v) is 5.70. The van der Waals surface area contributed by atoms with Crippen LogP contribution in [-0.2, 0) is 9.53 Å². The number of nitrogens with zero attached hydrogens (tertiary/aromatic N) is 1. The molecule has 0 aromatic heterocycles. The molecule has 0 N–H and O–H groups in total. The fourth-order valence-corrected chi connectivity index (χ4v) is 2.96. The summed E-state index contributed by atoms with van der Waals surface area (Å²) in [4.78, 5) is 13.8. The number of ether oxygens (including phenoxy) is 1. The van der Waals surface area contributed by atoms with E-state index in [1.165, 1.54) is 5.57 Å². The summed E-state index contributed by atoms with van der Waals surface area (Å²) >= 11 is 3.55. The second-order valence-electron chi connectivity index (χ2n) is 4.85. The molecule has 0 spiro atoms. The van der Waals surface area contributed by atoms with E-state index in [-0.39, 0.29) is 11.9 Å². The molecule has 2 rings (SSSR count). The maximum Gasteiger partial charge on any atom is 0.224 e. The molecule has 4 heteroatoms. The molecule has 1 aliphatic heterocycles. The molecule has 1 atom stereocenters. The van der Waals surface area contributed by atoms with E-state index in [1.807, 2.05) is 38.1 Å². The van der Waals surface area contributed by atoms with Crippen LogP contribution < -0.4 is 4.90 Å². The molecule has 19 heavy (non-hydrogen) atoms. The summed E-state index contributed by atoms with van der Waals surface area (Å²) in [5.74, 6) is 0.0211. The van der Waals surface area contributed by atoms with Crippen molar-refractivity contribution in [2.75, 3.05) is 18.1 Å². The minimum absolute atomic E-state index is 0.0211. The lowest BCUT2D eigenvalue weighted by Gasteiger charge is -2.34. The lowest BCUT2D eigenvalue weighted by atomic mass is 10.0. The second kappa shape index (κ2) is 5.88. The van der Waals surface area contributed by atoms with Crippen molar-refractivity contribution in [2.24, 2.45) is 0 Å². The number of hydrogen-bond donors (Lipinski definition) is 0. The molecule has 1 aromatic rings. The van der Waals surface area contributed by atoms with Crippen LogP contribution in [0.5, 0.6) is 0 Å².